The van der Waals surface area contributed by atoms with E-state index in [1.165, 1.54) is 6.20 Å². The third kappa shape index (κ3) is 2.66. The van der Waals surface area contributed by atoms with Gasteiger partial charge in [-0.3, -0.25) is 4.98 Å². The summed E-state index contributed by atoms with van der Waals surface area (Å²) in [6, 6.07) is 20.4. The van der Waals surface area contributed by atoms with Crippen LogP contribution in [0.2, 0.25) is 5.02 Å². The SMILES string of the molecule is CNC[C@H]1[C@@H](O)[C@@]2(O)c3ncc(Cl)cc3O[C@@]2(c2ccc(C#N)cc2)[C@@H]1c1ccccc1. The smallest absolute Gasteiger partial charge is 0.181 e. The summed E-state index contributed by atoms with van der Waals surface area (Å²) in [5, 5.41) is 36.8. The first-order valence-electron chi connectivity index (χ1n) is 10.4. The number of benzene rings is 2. The second kappa shape index (κ2) is 7.58. The maximum absolute atomic E-state index is 12.3. The Bertz CT molecular complexity index is 1200. The average molecular weight is 448 g/mol. The third-order valence-corrected chi connectivity index (χ3v) is 6.97. The van der Waals surface area contributed by atoms with Crippen LogP contribution in [0, 0.1) is 17.2 Å². The molecule has 0 bridgehead atoms. The molecule has 1 aliphatic carbocycles. The molecule has 32 heavy (non-hydrogen) atoms. The minimum absolute atomic E-state index is 0.262. The van der Waals surface area contributed by atoms with Crippen molar-refractivity contribution in [2.24, 2.45) is 5.92 Å². The zero-order chi connectivity index (χ0) is 22.5. The monoisotopic (exact) mass is 447 g/mol. The van der Waals surface area contributed by atoms with Gasteiger partial charge >= 0.3 is 0 Å². The normalized spacial score (nSPS) is 30.3. The van der Waals surface area contributed by atoms with Crippen molar-refractivity contribution in [2.45, 2.75) is 23.2 Å². The number of nitrogens with zero attached hydrogens (tertiary/aromatic N) is 2. The van der Waals surface area contributed by atoms with Gasteiger partial charge in [-0.2, -0.15) is 5.26 Å². The zero-order valence-corrected chi connectivity index (χ0v) is 18.1. The lowest BCUT2D eigenvalue weighted by Crippen LogP contribution is -2.52. The van der Waals surface area contributed by atoms with Gasteiger partial charge in [0.25, 0.3) is 0 Å². The lowest BCUT2D eigenvalue weighted by atomic mass is 9.71. The van der Waals surface area contributed by atoms with Gasteiger partial charge in [0.15, 0.2) is 11.2 Å². The summed E-state index contributed by atoms with van der Waals surface area (Å²) in [4.78, 5) is 4.41. The van der Waals surface area contributed by atoms with Gasteiger partial charge in [0.2, 0.25) is 0 Å². The molecule has 3 aromatic rings. The maximum atomic E-state index is 12.3. The minimum atomic E-state index is -1.83. The van der Waals surface area contributed by atoms with Crippen LogP contribution in [0.3, 0.4) is 0 Å². The number of aromatic nitrogens is 1. The Labute approximate surface area is 191 Å². The van der Waals surface area contributed by atoms with Crippen molar-refractivity contribution in [2.75, 3.05) is 13.6 Å². The summed E-state index contributed by atoms with van der Waals surface area (Å²) in [7, 11) is 1.81. The molecule has 0 amide bonds. The van der Waals surface area contributed by atoms with Gasteiger partial charge in [0.05, 0.1) is 22.8 Å². The highest BCUT2D eigenvalue weighted by Crippen LogP contribution is 2.67. The summed E-state index contributed by atoms with van der Waals surface area (Å²) in [5.74, 6) is -0.460. The molecule has 0 saturated heterocycles. The van der Waals surface area contributed by atoms with Gasteiger partial charge < -0.3 is 20.3 Å². The third-order valence-electron chi connectivity index (χ3n) is 6.76. The number of fused-ring (bicyclic) bond motifs is 3. The Morgan fingerprint density at radius 1 is 1.19 bits per heavy atom. The Morgan fingerprint density at radius 2 is 1.91 bits per heavy atom. The van der Waals surface area contributed by atoms with Crippen LogP contribution in [0.25, 0.3) is 0 Å². The molecule has 5 rings (SSSR count). The van der Waals surface area contributed by atoms with Crippen molar-refractivity contribution < 1.29 is 14.9 Å². The molecule has 5 atom stereocenters. The van der Waals surface area contributed by atoms with Crippen LogP contribution in [0.15, 0.2) is 66.9 Å². The van der Waals surface area contributed by atoms with Crippen molar-refractivity contribution in [3.63, 3.8) is 0 Å². The summed E-state index contributed by atoms with van der Waals surface area (Å²) >= 11 is 6.19. The van der Waals surface area contributed by atoms with E-state index in [-0.39, 0.29) is 11.6 Å². The number of rotatable bonds is 4. The van der Waals surface area contributed by atoms with Crippen LogP contribution < -0.4 is 10.1 Å². The molecular formula is C25H22ClN3O3. The summed E-state index contributed by atoms with van der Waals surface area (Å²) in [6.07, 6.45) is 0.275. The van der Waals surface area contributed by atoms with E-state index in [2.05, 4.69) is 16.4 Å². The van der Waals surface area contributed by atoms with Crippen LogP contribution in [-0.2, 0) is 11.2 Å². The molecule has 2 aromatic carbocycles. The van der Waals surface area contributed by atoms with Crippen LogP contribution in [-0.4, -0.2) is 34.9 Å². The fourth-order valence-electron chi connectivity index (χ4n) is 5.52. The van der Waals surface area contributed by atoms with Crippen LogP contribution >= 0.6 is 11.6 Å². The molecule has 0 radical (unpaired) electrons. The molecular weight excluding hydrogens is 426 g/mol. The van der Waals surface area contributed by atoms with Crippen molar-refractivity contribution in [1.29, 1.82) is 5.26 Å². The molecule has 1 aromatic heterocycles. The van der Waals surface area contributed by atoms with Crippen LogP contribution in [0.5, 0.6) is 5.75 Å². The minimum Gasteiger partial charge on any atom is -0.476 e. The number of pyridine rings is 1. The van der Waals surface area contributed by atoms with Gasteiger partial charge in [-0.25, -0.2) is 0 Å². The van der Waals surface area contributed by atoms with Crippen LogP contribution in [0.4, 0.5) is 0 Å². The number of hydrogen-bond donors (Lipinski definition) is 3. The van der Waals surface area contributed by atoms with Gasteiger partial charge in [-0.1, -0.05) is 54.1 Å². The molecule has 162 valence electrons. The first-order chi connectivity index (χ1) is 15.5. The lowest BCUT2D eigenvalue weighted by molar-refractivity contribution is -0.153. The second-order valence-electron chi connectivity index (χ2n) is 8.35. The van der Waals surface area contributed by atoms with E-state index in [1.54, 1.807) is 30.3 Å². The van der Waals surface area contributed by atoms with Crippen LogP contribution in [0.1, 0.15) is 28.3 Å². The van der Waals surface area contributed by atoms with Gasteiger partial charge in [0, 0.05) is 30.6 Å². The fourth-order valence-corrected chi connectivity index (χ4v) is 5.67. The van der Waals surface area contributed by atoms with E-state index in [4.69, 9.17) is 16.3 Å². The van der Waals surface area contributed by atoms with Crippen molar-refractivity contribution >= 4 is 11.6 Å². The molecule has 0 spiro atoms. The first kappa shape index (κ1) is 20.9. The molecule has 1 saturated carbocycles. The van der Waals surface area contributed by atoms with Crippen molar-refractivity contribution in [3.8, 4) is 11.8 Å². The van der Waals surface area contributed by atoms with E-state index >= 15 is 0 Å². The van der Waals surface area contributed by atoms with E-state index in [0.717, 1.165) is 5.56 Å². The summed E-state index contributed by atoms with van der Waals surface area (Å²) in [6.45, 7) is 0.452. The number of halogens is 1. The Kier molecular flexibility index (Phi) is 4.95. The molecule has 1 aliphatic heterocycles. The fraction of sp³-hybridized carbons (Fsp3) is 0.280. The lowest BCUT2D eigenvalue weighted by Gasteiger charge is -2.40. The van der Waals surface area contributed by atoms with Gasteiger partial charge in [-0.05, 0) is 30.3 Å². The van der Waals surface area contributed by atoms with E-state index in [1.807, 2.05) is 37.4 Å². The molecule has 1 fully saturated rings. The molecule has 2 heterocycles. The molecule has 7 heteroatoms. The topological polar surface area (TPSA) is 98.4 Å². The second-order valence-corrected chi connectivity index (χ2v) is 8.78. The molecule has 3 N–H and O–H groups in total. The first-order valence-corrected chi connectivity index (χ1v) is 10.8. The highest BCUT2D eigenvalue weighted by atomic mass is 35.5. The maximum Gasteiger partial charge on any atom is 0.181 e. The number of hydrogen-bond acceptors (Lipinski definition) is 6. The Hall–Kier alpha value is -2.95. The number of nitriles is 1. The quantitative estimate of drug-likeness (QED) is 0.568. The van der Waals surface area contributed by atoms with E-state index in [0.29, 0.717) is 28.4 Å². The standard InChI is InChI=1S/C25H22ClN3O3/c1-28-14-19-21(16-5-3-2-4-6-16)25(17-9-7-15(12-27)8-10-17)24(31,23(19)30)22-20(32-25)11-18(26)13-29-22/h2-11,13,19,21,23,28,30-31H,14H2,1H3/t19-,21-,23-,24+,25+/m1/s1. The van der Waals surface area contributed by atoms with Crippen molar-refractivity contribution in [3.05, 3.63) is 94.3 Å². The summed E-state index contributed by atoms with van der Waals surface area (Å²) < 4.78 is 6.61. The largest absolute Gasteiger partial charge is 0.476 e. The number of aliphatic hydroxyl groups excluding tert-OH is 1. The van der Waals surface area contributed by atoms with Gasteiger partial charge in [-0.15, -0.1) is 0 Å². The number of aliphatic hydroxyl groups is 2. The average Bonchev–Trinajstić information content (AvgIpc) is 3.17. The highest BCUT2D eigenvalue weighted by molar-refractivity contribution is 6.30. The molecule has 0 unspecified atom stereocenters. The molecule has 6 nitrogen and oxygen atoms in total. The number of nitrogens with one attached hydrogen (secondary N) is 1. The van der Waals surface area contributed by atoms with Crippen molar-refractivity contribution in [1.82, 2.24) is 10.3 Å². The zero-order valence-electron chi connectivity index (χ0n) is 17.4. The number of ether oxygens (including phenoxy) is 1. The van der Waals surface area contributed by atoms with E-state index < -0.39 is 23.2 Å². The summed E-state index contributed by atoms with van der Waals surface area (Å²) in [5.41, 5.74) is -0.872. The highest BCUT2D eigenvalue weighted by Gasteiger charge is 2.76. The predicted molar refractivity (Wildman–Crippen MR) is 119 cm³/mol. The Balaban J connectivity index is 1.83. The predicted octanol–water partition coefficient (Wildman–Crippen LogP) is 3.08. The van der Waals surface area contributed by atoms with E-state index in [9.17, 15) is 15.5 Å². The molecule has 2 aliphatic rings. The Morgan fingerprint density at radius 3 is 2.56 bits per heavy atom. The van der Waals surface area contributed by atoms with Gasteiger partial charge in [0.1, 0.15) is 11.4 Å².